The Bertz CT molecular complexity index is 1280. The van der Waals surface area contributed by atoms with Gasteiger partial charge in [0.2, 0.25) is 23.6 Å². The Balaban J connectivity index is 1.48. The molecule has 1 heterocycles. The minimum atomic E-state index is -1.22. The minimum absolute atomic E-state index is 0.00776. The SMILES string of the molecule is C=CCOC(=O)[C@@H](NC(=O)[C@H](CCC(=O)OC(C)(C)C)NC(=O)[C@H](CC(C)C)NC(=O)[C@@H]1CCCN1C(=O)C12CC3CC(CC(C3)C1)C2)C(C)C. The van der Waals surface area contributed by atoms with Crippen LogP contribution in [0.5, 0.6) is 0 Å². The van der Waals surface area contributed by atoms with E-state index in [2.05, 4.69) is 22.5 Å². The third-order valence-corrected chi connectivity index (χ3v) is 10.9. The Labute approximate surface area is 303 Å². The highest BCUT2D eigenvalue weighted by atomic mass is 16.6. The molecule has 4 saturated carbocycles. The fourth-order valence-corrected chi connectivity index (χ4v) is 9.11. The molecule has 0 aromatic rings. The van der Waals surface area contributed by atoms with Gasteiger partial charge < -0.3 is 30.3 Å². The number of rotatable bonds is 16. The zero-order chi connectivity index (χ0) is 37.7. The molecular formula is C39H62N4O8. The predicted molar refractivity (Wildman–Crippen MR) is 192 cm³/mol. The van der Waals surface area contributed by atoms with E-state index in [0.29, 0.717) is 30.7 Å². The van der Waals surface area contributed by atoms with Gasteiger partial charge in [-0.3, -0.25) is 24.0 Å². The molecule has 1 aliphatic heterocycles. The number of esters is 2. The first-order chi connectivity index (χ1) is 23.9. The Morgan fingerprint density at radius 2 is 1.47 bits per heavy atom. The number of amides is 4. The number of ether oxygens (including phenoxy) is 2. The summed E-state index contributed by atoms with van der Waals surface area (Å²) in [6.45, 7) is 16.6. The van der Waals surface area contributed by atoms with Gasteiger partial charge in [-0.25, -0.2) is 4.79 Å². The molecular weight excluding hydrogens is 652 g/mol. The first-order valence-corrected chi connectivity index (χ1v) is 19.1. The van der Waals surface area contributed by atoms with E-state index < -0.39 is 53.5 Å². The minimum Gasteiger partial charge on any atom is -0.460 e. The van der Waals surface area contributed by atoms with E-state index in [1.807, 2.05) is 13.8 Å². The van der Waals surface area contributed by atoms with Crippen molar-refractivity contribution in [1.29, 1.82) is 0 Å². The van der Waals surface area contributed by atoms with Crippen molar-refractivity contribution in [2.75, 3.05) is 13.2 Å². The first kappa shape index (κ1) is 40.3. The van der Waals surface area contributed by atoms with Gasteiger partial charge in [0.15, 0.2) is 0 Å². The molecule has 5 aliphatic rings. The maximum absolute atomic E-state index is 14.2. The lowest BCUT2D eigenvalue weighted by Crippen LogP contribution is -2.60. The van der Waals surface area contributed by atoms with Gasteiger partial charge in [-0.15, -0.1) is 0 Å². The standard InChI is InChI=1S/C39H62N4O8/c1-9-15-50-36(48)32(24(4)5)42-33(45)28(12-13-31(44)51-38(6,7)8)40-34(46)29(16-23(2)3)41-35(47)30-11-10-14-43(30)37(49)39-20-25-17-26(21-39)19-27(18-25)22-39/h9,23-30,32H,1,10-22H2,2-8H3,(H,40,46)(H,41,47)(H,42,45)/t25?,26?,27?,28-,29-,30-,32-,39?/m0/s1. The Kier molecular flexibility index (Phi) is 13.4. The molecule has 0 unspecified atom stereocenters. The van der Waals surface area contributed by atoms with Crippen molar-refractivity contribution < 1.29 is 38.2 Å². The van der Waals surface area contributed by atoms with Gasteiger partial charge in [0.25, 0.3) is 0 Å². The lowest BCUT2D eigenvalue weighted by Gasteiger charge is -2.56. The molecule has 51 heavy (non-hydrogen) atoms. The lowest BCUT2D eigenvalue weighted by atomic mass is 9.49. The molecule has 5 rings (SSSR count). The normalized spacial score (nSPS) is 27.0. The van der Waals surface area contributed by atoms with Crippen molar-refractivity contribution in [3.8, 4) is 0 Å². The van der Waals surface area contributed by atoms with Crippen LogP contribution in [0.25, 0.3) is 0 Å². The van der Waals surface area contributed by atoms with Crippen LogP contribution in [0.3, 0.4) is 0 Å². The zero-order valence-corrected chi connectivity index (χ0v) is 31.9. The smallest absolute Gasteiger partial charge is 0.329 e. The van der Waals surface area contributed by atoms with Gasteiger partial charge in [-0.05, 0) is 115 Å². The first-order valence-electron chi connectivity index (χ1n) is 19.1. The number of nitrogens with zero attached hydrogens (tertiary/aromatic N) is 1. The van der Waals surface area contributed by atoms with E-state index in [-0.39, 0.29) is 54.9 Å². The van der Waals surface area contributed by atoms with Crippen LogP contribution < -0.4 is 16.0 Å². The number of carbonyl (C=O) groups excluding carboxylic acids is 6. The number of carbonyl (C=O) groups is 6. The van der Waals surface area contributed by atoms with Crippen molar-refractivity contribution >= 4 is 35.6 Å². The summed E-state index contributed by atoms with van der Waals surface area (Å²) in [6, 6.07) is -3.88. The maximum Gasteiger partial charge on any atom is 0.329 e. The van der Waals surface area contributed by atoms with E-state index in [0.717, 1.165) is 25.7 Å². The second kappa shape index (κ2) is 16.9. The van der Waals surface area contributed by atoms with Crippen LogP contribution >= 0.6 is 0 Å². The third kappa shape index (κ3) is 10.6. The molecule has 286 valence electrons. The highest BCUT2D eigenvalue weighted by Gasteiger charge is 2.57. The van der Waals surface area contributed by atoms with Gasteiger partial charge in [0.05, 0.1) is 5.41 Å². The van der Waals surface area contributed by atoms with Gasteiger partial charge in [0, 0.05) is 13.0 Å². The van der Waals surface area contributed by atoms with Gasteiger partial charge in [-0.2, -0.15) is 0 Å². The molecule has 12 nitrogen and oxygen atoms in total. The average Bonchev–Trinajstić information content (AvgIpc) is 3.52. The van der Waals surface area contributed by atoms with Crippen LogP contribution in [-0.4, -0.2) is 83.4 Å². The quantitative estimate of drug-likeness (QED) is 0.159. The van der Waals surface area contributed by atoms with Gasteiger partial charge in [0.1, 0.15) is 36.4 Å². The van der Waals surface area contributed by atoms with E-state index in [1.165, 1.54) is 25.3 Å². The molecule has 0 aromatic heterocycles. The highest BCUT2D eigenvalue weighted by molar-refractivity contribution is 5.96. The Morgan fingerprint density at radius 3 is 2.00 bits per heavy atom. The molecule has 0 radical (unpaired) electrons. The zero-order valence-electron chi connectivity index (χ0n) is 31.9. The van der Waals surface area contributed by atoms with Crippen molar-refractivity contribution in [2.45, 2.75) is 149 Å². The molecule has 3 N–H and O–H groups in total. The van der Waals surface area contributed by atoms with Crippen molar-refractivity contribution in [3.63, 3.8) is 0 Å². The second-order valence-electron chi connectivity index (χ2n) is 17.4. The summed E-state index contributed by atoms with van der Waals surface area (Å²) in [4.78, 5) is 83.0. The number of hydrogen-bond acceptors (Lipinski definition) is 8. The average molecular weight is 715 g/mol. The van der Waals surface area contributed by atoms with Crippen LogP contribution in [0.4, 0.5) is 0 Å². The molecule has 4 amide bonds. The molecule has 0 spiro atoms. The molecule has 1 saturated heterocycles. The van der Waals surface area contributed by atoms with Crippen LogP contribution in [0.1, 0.15) is 119 Å². The van der Waals surface area contributed by atoms with Crippen molar-refractivity contribution in [1.82, 2.24) is 20.9 Å². The molecule has 4 bridgehead atoms. The summed E-state index contributed by atoms with van der Waals surface area (Å²) in [5.74, 6) is -1.24. The summed E-state index contributed by atoms with van der Waals surface area (Å²) in [6.07, 6.45) is 9.08. The molecule has 4 atom stereocenters. The fourth-order valence-electron chi connectivity index (χ4n) is 9.11. The van der Waals surface area contributed by atoms with E-state index >= 15 is 0 Å². The predicted octanol–water partition coefficient (Wildman–Crippen LogP) is 4.20. The third-order valence-electron chi connectivity index (χ3n) is 10.9. The maximum atomic E-state index is 14.2. The largest absolute Gasteiger partial charge is 0.460 e. The number of hydrogen-bond donors (Lipinski definition) is 3. The topological polar surface area (TPSA) is 160 Å². The van der Waals surface area contributed by atoms with Gasteiger partial charge >= 0.3 is 11.9 Å². The Hall–Kier alpha value is -3.44. The number of likely N-dealkylation sites (tertiary alicyclic amines) is 1. The van der Waals surface area contributed by atoms with Crippen LogP contribution in [0.15, 0.2) is 12.7 Å². The summed E-state index contributed by atoms with van der Waals surface area (Å²) in [5, 5.41) is 8.40. The highest BCUT2D eigenvalue weighted by Crippen LogP contribution is 2.60. The number of nitrogens with one attached hydrogen (secondary N) is 3. The lowest BCUT2D eigenvalue weighted by molar-refractivity contribution is -0.160. The van der Waals surface area contributed by atoms with Crippen molar-refractivity contribution in [3.05, 3.63) is 12.7 Å². The van der Waals surface area contributed by atoms with E-state index in [9.17, 15) is 28.8 Å². The van der Waals surface area contributed by atoms with Crippen molar-refractivity contribution in [2.24, 2.45) is 35.0 Å². The summed E-state index contributed by atoms with van der Waals surface area (Å²) in [7, 11) is 0. The molecule has 4 aliphatic carbocycles. The summed E-state index contributed by atoms with van der Waals surface area (Å²) < 4.78 is 10.6. The second-order valence-corrected chi connectivity index (χ2v) is 17.4. The van der Waals surface area contributed by atoms with Crippen LogP contribution in [-0.2, 0) is 38.2 Å². The van der Waals surface area contributed by atoms with Crippen LogP contribution in [0.2, 0.25) is 0 Å². The van der Waals surface area contributed by atoms with E-state index in [4.69, 9.17) is 9.47 Å². The fraction of sp³-hybridized carbons (Fsp3) is 0.795. The van der Waals surface area contributed by atoms with E-state index in [1.54, 1.807) is 39.5 Å². The Morgan fingerprint density at radius 1 is 0.882 bits per heavy atom. The van der Waals surface area contributed by atoms with Crippen LogP contribution in [0, 0.1) is 35.0 Å². The molecule has 12 heteroatoms. The monoisotopic (exact) mass is 714 g/mol. The van der Waals surface area contributed by atoms with Gasteiger partial charge in [-0.1, -0.05) is 40.3 Å². The summed E-state index contributed by atoms with van der Waals surface area (Å²) >= 11 is 0. The molecule has 5 fully saturated rings. The molecule has 0 aromatic carbocycles. The summed E-state index contributed by atoms with van der Waals surface area (Å²) in [5.41, 5.74) is -1.11.